The topological polar surface area (TPSA) is 35.9 Å². The smallest absolute Gasteiger partial charge is 0.160 e. The van der Waals surface area contributed by atoms with Gasteiger partial charge < -0.3 is 14.7 Å². The number of nitrogens with zero attached hydrogens (tertiary/aromatic N) is 2. The highest BCUT2D eigenvalue weighted by Gasteiger charge is 2.11. The molecule has 1 N–H and O–H groups in total. The summed E-state index contributed by atoms with van der Waals surface area (Å²) in [6.07, 6.45) is 0. The number of phenols is 1. The van der Waals surface area contributed by atoms with Gasteiger partial charge in [-0.3, -0.25) is 4.90 Å². The first-order valence-electron chi connectivity index (χ1n) is 8.27. The van der Waals surface area contributed by atoms with E-state index in [0.29, 0.717) is 5.75 Å². The van der Waals surface area contributed by atoms with E-state index in [-0.39, 0.29) is 5.75 Å². The van der Waals surface area contributed by atoms with Crippen molar-refractivity contribution in [3.05, 3.63) is 59.2 Å². The SMILES string of the molecule is COc1ccc(CN(CCN(C)C)Cc2ccccc2C)cc1O. The zero-order chi connectivity index (χ0) is 17.5. The van der Waals surface area contributed by atoms with Gasteiger partial charge in [0.2, 0.25) is 0 Å². The molecule has 0 radical (unpaired) electrons. The quantitative estimate of drug-likeness (QED) is 0.807. The lowest BCUT2D eigenvalue weighted by molar-refractivity contribution is 0.225. The Morgan fingerprint density at radius 2 is 1.75 bits per heavy atom. The van der Waals surface area contributed by atoms with Crippen molar-refractivity contribution in [1.29, 1.82) is 0 Å². The first-order chi connectivity index (χ1) is 11.5. The summed E-state index contributed by atoms with van der Waals surface area (Å²) in [5.74, 6) is 0.705. The maximum absolute atomic E-state index is 10.0. The molecule has 0 saturated carbocycles. The Morgan fingerprint density at radius 3 is 2.38 bits per heavy atom. The van der Waals surface area contributed by atoms with Crippen LogP contribution in [0, 0.1) is 6.92 Å². The Morgan fingerprint density at radius 1 is 1.00 bits per heavy atom. The van der Waals surface area contributed by atoms with Gasteiger partial charge in [-0.1, -0.05) is 30.3 Å². The molecule has 0 spiro atoms. The molecular weight excluding hydrogens is 300 g/mol. The zero-order valence-electron chi connectivity index (χ0n) is 15.1. The van der Waals surface area contributed by atoms with Gasteiger partial charge in [0.15, 0.2) is 11.5 Å². The second-order valence-corrected chi connectivity index (χ2v) is 6.45. The summed E-state index contributed by atoms with van der Waals surface area (Å²) in [6, 6.07) is 14.1. The maximum atomic E-state index is 10.0. The second kappa shape index (κ2) is 8.71. The first-order valence-corrected chi connectivity index (χ1v) is 8.27. The Hall–Kier alpha value is -2.04. The molecule has 0 saturated heterocycles. The van der Waals surface area contributed by atoms with Gasteiger partial charge in [0.05, 0.1) is 7.11 Å². The summed E-state index contributed by atoms with van der Waals surface area (Å²) in [7, 11) is 5.74. The van der Waals surface area contributed by atoms with Crippen molar-refractivity contribution in [2.24, 2.45) is 0 Å². The van der Waals surface area contributed by atoms with Crippen molar-refractivity contribution in [2.75, 3.05) is 34.3 Å². The third-order valence-corrected chi connectivity index (χ3v) is 4.17. The zero-order valence-corrected chi connectivity index (χ0v) is 15.1. The van der Waals surface area contributed by atoms with Crippen molar-refractivity contribution < 1.29 is 9.84 Å². The first kappa shape index (κ1) is 18.3. The average Bonchev–Trinajstić information content (AvgIpc) is 2.55. The fourth-order valence-electron chi connectivity index (χ4n) is 2.68. The summed E-state index contributed by atoms with van der Waals surface area (Å²) in [4.78, 5) is 4.60. The van der Waals surface area contributed by atoms with Gasteiger partial charge in [-0.15, -0.1) is 0 Å². The molecule has 4 heteroatoms. The van der Waals surface area contributed by atoms with Crippen LogP contribution < -0.4 is 4.74 Å². The van der Waals surface area contributed by atoms with Crippen molar-refractivity contribution >= 4 is 0 Å². The summed E-state index contributed by atoms with van der Waals surface area (Å²) in [5.41, 5.74) is 3.74. The standard InChI is InChI=1S/C20H28N2O2/c1-16-7-5-6-8-18(16)15-22(12-11-21(2)3)14-17-9-10-20(24-4)19(23)13-17/h5-10,13,23H,11-12,14-15H2,1-4H3. The third kappa shape index (κ3) is 5.25. The van der Waals surface area contributed by atoms with Crippen molar-refractivity contribution in [3.63, 3.8) is 0 Å². The van der Waals surface area contributed by atoms with E-state index in [1.165, 1.54) is 11.1 Å². The van der Waals surface area contributed by atoms with Gasteiger partial charge in [0, 0.05) is 26.2 Å². The van der Waals surface area contributed by atoms with Crippen LogP contribution in [0.3, 0.4) is 0 Å². The lowest BCUT2D eigenvalue weighted by Crippen LogP contribution is -2.31. The summed E-state index contributed by atoms with van der Waals surface area (Å²) >= 11 is 0. The highest BCUT2D eigenvalue weighted by atomic mass is 16.5. The normalized spacial score (nSPS) is 11.2. The Labute approximate surface area is 145 Å². The number of likely N-dealkylation sites (N-methyl/N-ethyl adjacent to an activating group) is 1. The van der Waals surface area contributed by atoms with Crippen LogP contribution in [-0.2, 0) is 13.1 Å². The van der Waals surface area contributed by atoms with Crippen LogP contribution in [0.15, 0.2) is 42.5 Å². The number of aromatic hydroxyl groups is 1. The van der Waals surface area contributed by atoms with Gasteiger partial charge in [-0.2, -0.15) is 0 Å². The average molecular weight is 328 g/mol. The fourth-order valence-corrected chi connectivity index (χ4v) is 2.68. The van der Waals surface area contributed by atoms with E-state index in [2.05, 4.69) is 55.1 Å². The molecule has 0 amide bonds. The van der Waals surface area contributed by atoms with Crippen LogP contribution in [0.2, 0.25) is 0 Å². The number of hydrogen-bond acceptors (Lipinski definition) is 4. The van der Waals surface area contributed by atoms with Gasteiger partial charge in [-0.25, -0.2) is 0 Å². The molecule has 2 aromatic rings. The molecule has 0 bridgehead atoms. The molecular formula is C20H28N2O2. The molecule has 24 heavy (non-hydrogen) atoms. The van der Waals surface area contributed by atoms with Gasteiger partial charge in [0.1, 0.15) is 0 Å². The van der Waals surface area contributed by atoms with E-state index in [4.69, 9.17) is 4.74 Å². The third-order valence-electron chi connectivity index (χ3n) is 4.17. The predicted octanol–water partition coefficient (Wildman–Crippen LogP) is 3.27. The minimum absolute atomic E-state index is 0.193. The number of phenolic OH excluding ortho intramolecular Hbond substituents is 1. The molecule has 0 atom stereocenters. The summed E-state index contributed by atoms with van der Waals surface area (Å²) < 4.78 is 5.13. The molecule has 0 unspecified atom stereocenters. The molecule has 2 rings (SSSR count). The van der Waals surface area contributed by atoms with E-state index in [1.54, 1.807) is 13.2 Å². The Kier molecular flexibility index (Phi) is 6.64. The Bertz CT molecular complexity index is 656. The van der Waals surface area contributed by atoms with Crippen molar-refractivity contribution in [1.82, 2.24) is 9.80 Å². The minimum Gasteiger partial charge on any atom is -0.504 e. The molecule has 0 aliphatic carbocycles. The van der Waals surface area contributed by atoms with E-state index in [1.807, 2.05) is 12.1 Å². The van der Waals surface area contributed by atoms with Crippen LogP contribution in [-0.4, -0.2) is 49.2 Å². The lowest BCUT2D eigenvalue weighted by atomic mass is 10.1. The maximum Gasteiger partial charge on any atom is 0.160 e. The molecule has 0 aliphatic rings. The minimum atomic E-state index is 0.193. The van der Waals surface area contributed by atoms with Crippen LogP contribution in [0.25, 0.3) is 0 Å². The lowest BCUT2D eigenvalue weighted by Gasteiger charge is -2.25. The molecule has 0 fully saturated rings. The Balaban J connectivity index is 2.13. The second-order valence-electron chi connectivity index (χ2n) is 6.45. The fraction of sp³-hybridized carbons (Fsp3) is 0.400. The van der Waals surface area contributed by atoms with Crippen LogP contribution in [0.5, 0.6) is 11.5 Å². The van der Waals surface area contributed by atoms with E-state index in [9.17, 15) is 5.11 Å². The largest absolute Gasteiger partial charge is 0.504 e. The number of aryl methyl sites for hydroxylation is 1. The molecule has 0 heterocycles. The summed E-state index contributed by atoms with van der Waals surface area (Å²) in [5, 5.41) is 10.0. The van der Waals surface area contributed by atoms with Gasteiger partial charge in [-0.05, 0) is 49.8 Å². The highest BCUT2D eigenvalue weighted by Crippen LogP contribution is 2.27. The van der Waals surface area contributed by atoms with Crippen LogP contribution in [0.4, 0.5) is 0 Å². The molecule has 2 aromatic carbocycles. The van der Waals surface area contributed by atoms with E-state index < -0.39 is 0 Å². The van der Waals surface area contributed by atoms with Crippen molar-refractivity contribution in [2.45, 2.75) is 20.0 Å². The number of rotatable bonds is 8. The van der Waals surface area contributed by atoms with Crippen LogP contribution >= 0.6 is 0 Å². The van der Waals surface area contributed by atoms with Gasteiger partial charge >= 0.3 is 0 Å². The molecule has 0 aromatic heterocycles. The molecule has 130 valence electrons. The van der Waals surface area contributed by atoms with Gasteiger partial charge in [0.25, 0.3) is 0 Å². The number of methoxy groups -OCH3 is 1. The molecule has 0 aliphatic heterocycles. The van der Waals surface area contributed by atoms with E-state index >= 15 is 0 Å². The summed E-state index contributed by atoms with van der Waals surface area (Å²) in [6.45, 7) is 5.80. The number of benzene rings is 2. The van der Waals surface area contributed by atoms with Crippen LogP contribution in [0.1, 0.15) is 16.7 Å². The monoisotopic (exact) mass is 328 g/mol. The van der Waals surface area contributed by atoms with Crippen molar-refractivity contribution in [3.8, 4) is 11.5 Å². The number of hydrogen-bond donors (Lipinski definition) is 1. The predicted molar refractivity (Wildman–Crippen MR) is 98.5 cm³/mol. The highest BCUT2D eigenvalue weighted by molar-refractivity contribution is 5.41. The van der Waals surface area contributed by atoms with E-state index in [0.717, 1.165) is 31.7 Å². The number of ether oxygens (including phenoxy) is 1. The molecule has 4 nitrogen and oxygen atoms in total.